The van der Waals surface area contributed by atoms with E-state index in [-0.39, 0.29) is 11.5 Å². The first-order chi connectivity index (χ1) is 12.3. The van der Waals surface area contributed by atoms with Crippen molar-refractivity contribution in [3.8, 4) is 0 Å². The Bertz CT molecular complexity index is 769. The van der Waals surface area contributed by atoms with Crippen molar-refractivity contribution in [2.45, 2.75) is 6.18 Å². The van der Waals surface area contributed by atoms with Crippen molar-refractivity contribution < 1.29 is 22.4 Å². The van der Waals surface area contributed by atoms with Gasteiger partial charge in [-0.3, -0.25) is 0 Å². The lowest BCUT2D eigenvalue weighted by atomic mass is 10.2. The highest BCUT2D eigenvalue weighted by atomic mass is 19.4. The van der Waals surface area contributed by atoms with E-state index in [9.17, 15) is 22.4 Å². The lowest BCUT2D eigenvalue weighted by Gasteiger charge is -2.36. The van der Waals surface area contributed by atoms with Crippen molar-refractivity contribution in [2.24, 2.45) is 0 Å². The van der Waals surface area contributed by atoms with Crippen molar-refractivity contribution in [1.29, 1.82) is 0 Å². The zero-order chi connectivity index (χ0) is 18.7. The molecule has 2 amide bonds. The maximum Gasteiger partial charge on any atom is 0.416 e. The molecule has 1 aliphatic heterocycles. The molecule has 26 heavy (non-hydrogen) atoms. The lowest BCUT2D eigenvalue weighted by Crippen LogP contribution is -2.50. The van der Waals surface area contributed by atoms with E-state index >= 15 is 0 Å². The summed E-state index contributed by atoms with van der Waals surface area (Å²) in [6, 6.07) is 10.2. The number of urea groups is 1. The molecule has 1 heterocycles. The van der Waals surface area contributed by atoms with E-state index < -0.39 is 17.8 Å². The molecule has 4 nitrogen and oxygen atoms in total. The molecule has 0 spiro atoms. The third kappa shape index (κ3) is 4.25. The summed E-state index contributed by atoms with van der Waals surface area (Å²) in [6.45, 7) is 1.95. The normalized spacial score (nSPS) is 15.1. The molecule has 0 radical (unpaired) electrons. The minimum Gasteiger partial charge on any atom is -0.368 e. The molecule has 0 aromatic heterocycles. The largest absolute Gasteiger partial charge is 0.416 e. The third-order valence-corrected chi connectivity index (χ3v) is 4.20. The summed E-state index contributed by atoms with van der Waals surface area (Å²) in [6.07, 6.45) is -4.46. The van der Waals surface area contributed by atoms with Crippen molar-refractivity contribution >= 4 is 17.4 Å². The Morgan fingerprint density at radius 1 is 0.962 bits per heavy atom. The number of carbonyl (C=O) groups is 1. The van der Waals surface area contributed by atoms with E-state index in [1.165, 1.54) is 24.3 Å². The Kier molecular flexibility index (Phi) is 5.01. The zero-order valence-electron chi connectivity index (χ0n) is 13.8. The summed E-state index contributed by atoms with van der Waals surface area (Å²) >= 11 is 0. The molecule has 8 heteroatoms. The van der Waals surface area contributed by atoms with Gasteiger partial charge in [0.15, 0.2) is 0 Å². The van der Waals surface area contributed by atoms with Gasteiger partial charge in [0.25, 0.3) is 0 Å². The van der Waals surface area contributed by atoms with Gasteiger partial charge in [-0.1, -0.05) is 6.07 Å². The van der Waals surface area contributed by atoms with Gasteiger partial charge in [-0.25, -0.2) is 9.18 Å². The van der Waals surface area contributed by atoms with Crippen molar-refractivity contribution in [3.63, 3.8) is 0 Å². The van der Waals surface area contributed by atoms with Crippen LogP contribution < -0.4 is 10.2 Å². The molecule has 1 fully saturated rings. The highest BCUT2D eigenvalue weighted by Gasteiger charge is 2.30. The molecular formula is C18H17F4N3O. The van der Waals surface area contributed by atoms with Crippen LogP contribution in [0.3, 0.4) is 0 Å². The van der Waals surface area contributed by atoms with Gasteiger partial charge >= 0.3 is 12.2 Å². The maximum absolute atomic E-state index is 13.0. The maximum atomic E-state index is 13.0. The quantitative estimate of drug-likeness (QED) is 0.808. The summed E-state index contributed by atoms with van der Waals surface area (Å²) in [7, 11) is 0. The van der Waals surface area contributed by atoms with Crippen LogP contribution in [-0.4, -0.2) is 37.1 Å². The van der Waals surface area contributed by atoms with Gasteiger partial charge in [-0.15, -0.1) is 0 Å². The van der Waals surface area contributed by atoms with E-state index in [2.05, 4.69) is 5.32 Å². The predicted octanol–water partition coefficient (Wildman–Crippen LogP) is 4.20. The second kappa shape index (κ2) is 7.23. The fourth-order valence-corrected chi connectivity index (χ4v) is 2.80. The summed E-state index contributed by atoms with van der Waals surface area (Å²) in [4.78, 5) is 15.8. The monoisotopic (exact) mass is 367 g/mol. The van der Waals surface area contributed by atoms with Crippen LogP contribution in [0.2, 0.25) is 0 Å². The molecule has 1 N–H and O–H groups in total. The Morgan fingerprint density at radius 3 is 2.23 bits per heavy atom. The molecule has 0 bridgehead atoms. The molecule has 2 aromatic rings. The van der Waals surface area contributed by atoms with Crippen molar-refractivity contribution in [3.05, 3.63) is 59.9 Å². The number of halogens is 4. The molecular weight excluding hydrogens is 350 g/mol. The molecule has 3 rings (SSSR count). The van der Waals surface area contributed by atoms with Gasteiger partial charge in [0.2, 0.25) is 0 Å². The molecule has 0 saturated carbocycles. The van der Waals surface area contributed by atoms with E-state index in [0.29, 0.717) is 26.2 Å². The van der Waals surface area contributed by atoms with Crippen LogP contribution in [0.15, 0.2) is 48.5 Å². The first kappa shape index (κ1) is 18.0. The fourth-order valence-electron chi connectivity index (χ4n) is 2.80. The van der Waals surface area contributed by atoms with E-state index in [1.54, 1.807) is 17.0 Å². The van der Waals surface area contributed by atoms with Crippen LogP contribution in [0, 0.1) is 5.82 Å². The number of rotatable bonds is 2. The van der Waals surface area contributed by atoms with Crippen LogP contribution >= 0.6 is 0 Å². The number of alkyl halides is 3. The summed E-state index contributed by atoms with van der Waals surface area (Å²) in [5.41, 5.74) is 0.159. The second-order valence-electron chi connectivity index (χ2n) is 5.96. The SMILES string of the molecule is O=C(Nc1cccc(C(F)(F)F)c1)N1CCN(c2ccc(F)cc2)CC1. The first-order valence-corrected chi connectivity index (χ1v) is 8.06. The van der Waals surface area contributed by atoms with Gasteiger partial charge < -0.3 is 15.1 Å². The van der Waals surface area contributed by atoms with E-state index in [0.717, 1.165) is 17.8 Å². The van der Waals surface area contributed by atoms with Crippen molar-refractivity contribution in [1.82, 2.24) is 4.90 Å². The number of amides is 2. The highest BCUT2D eigenvalue weighted by Crippen LogP contribution is 2.30. The molecule has 2 aromatic carbocycles. The summed E-state index contributed by atoms with van der Waals surface area (Å²) in [5.74, 6) is -0.312. The van der Waals surface area contributed by atoms with Crippen LogP contribution in [0.1, 0.15) is 5.56 Å². The minimum absolute atomic E-state index is 0.103. The smallest absolute Gasteiger partial charge is 0.368 e. The van der Waals surface area contributed by atoms with Crippen LogP contribution in [0.4, 0.5) is 33.7 Å². The zero-order valence-corrected chi connectivity index (χ0v) is 13.8. The molecule has 0 atom stereocenters. The standard InChI is InChI=1S/C18H17F4N3O/c19-14-4-6-16(7-5-14)24-8-10-25(11-9-24)17(26)23-15-3-1-2-13(12-15)18(20,21)22/h1-7,12H,8-11H2,(H,23,26). The van der Waals surface area contributed by atoms with Gasteiger partial charge in [0, 0.05) is 37.6 Å². The first-order valence-electron chi connectivity index (χ1n) is 8.06. The molecule has 1 saturated heterocycles. The number of carbonyl (C=O) groups excluding carboxylic acids is 1. The van der Waals surface area contributed by atoms with Gasteiger partial charge in [-0.05, 0) is 42.5 Å². The summed E-state index contributed by atoms with van der Waals surface area (Å²) in [5, 5.41) is 2.51. The average Bonchev–Trinajstić information content (AvgIpc) is 2.62. The van der Waals surface area contributed by atoms with Gasteiger partial charge in [0.1, 0.15) is 5.82 Å². The second-order valence-corrected chi connectivity index (χ2v) is 5.96. The number of anilines is 2. The molecule has 1 aliphatic rings. The number of nitrogens with zero attached hydrogens (tertiary/aromatic N) is 2. The highest BCUT2D eigenvalue weighted by molar-refractivity contribution is 5.89. The molecule has 0 aliphatic carbocycles. The van der Waals surface area contributed by atoms with Gasteiger partial charge in [0.05, 0.1) is 5.56 Å². The average molecular weight is 367 g/mol. The number of benzene rings is 2. The van der Waals surface area contributed by atoms with Crippen molar-refractivity contribution in [2.75, 3.05) is 36.4 Å². The van der Waals surface area contributed by atoms with Gasteiger partial charge in [-0.2, -0.15) is 13.2 Å². The number of nitrogens with one attached hydrogen (secondary N) is 1. The van der Waals surface area contributed by atoms with Crippen LogP contribution in [0.25, 0.3) is 0 Å². The molecule has 0 unspecified atom stereocenters. The number of piperazine rings is 1. The lowest BCUT2D eigenvalue weighted by molar-refractivity contribution is -0.137. The predicted molar refractivity (Wildman–Crippen MR) is 90.6 cm³/mol. The van der Waals surface area contributed by atoms with Crippen LogP contribution in [-0.2, 0) is 6.18 Å². The fraction of sp³-hybridized carbons (Fsp3) is 0.278. The van der Waals surface area contributed by atoms with Crippen LogP contribution in [0.5, 0.6) is 0 Å². The number of hydrogen-bond donors (Lipinski definition) is 1. The topological polar surface area (TPSA) is 35.6 Å². The third-order valence-electron chi connectivity index (χ3n) is 4.20. The van der Waals surface area contributed by atoms with E-state index in [4.69, 9.17) is 0 Å². The molecule has 138 valence electrons. The summed E-state index contributed by atoms with van der Waals surface area (Å²) < 4.78 is 51.2. The Hall–Kier alpha value is -2.77. The Morgan fingerprint density at radius 2 is 1.62 bits per heavy atom. The number of hydrogen-bond acceptors (Lipinski definition) is 2. The Labute approximate surface area is 148 Å². The van der Waals surface area contributed by atoms with E-state index in [1.807, 2.05) is 4.90 Å². The minimum atomic E-state index is -4.46. The Balaban J connectivity index is 1.58.